The normalized spacial score (nSPS) is 17.3. The molecule has 21 heavy (non-hydrogen) atoms. The lowest BCUT2D eigenvalue weighted by Crippen LogP contribution is -2.12. The fraction of sp³-hybridized carbons (Fsp3) is 0.375. The molecule has 1 aromatic heterocycles. The lowest BCUT2D eigenvalue weighted by Gasteiger charge is -2.15. The van der Waals surface area contributed by atoms with E-state index in [0.29, 0.717) is 23.2 Å². The van der Waals surface area contributed by atoms with Gasteiger partial charge in [0.05, 0.1) is 5.69 Å². The minimum Gasteiger partial charge on any atom is -0.326 e. The van der Waals surface area contributed by atoms with Gasteiger partial charge >= 0.3 is 0 Å². The van der Waals surface area contributed by atoms with Crippen molar-refractivity contribution in [3.05, 3.63) is 46.0 Å². The second-order valence-electron chi connectivity index (χ2n) is 5.59. The van der Waals surface area contributed by atoms with Gasteiger partial charge < -0.3 is 5.73 Å². The van der Waals surface area contributed by atoms with Gasteiger partial charge in [0.25, 0.3) is 5.91 Å². The van der Waals surface area contributed by atoms with Crippen molar-refractivity contribution in [1.29, 1.82) is 0 Å². The Morgan fingerprint density at radius 1 is 1.43 bits per heavy atom. The number of anilines is 1. The number of carbonyl (C=O) groups is 1. The van der Waals surface area contributed by atoms with Gasteiger partial charge in [0, 0.05) is 17.0 Å². The first kappa shape index (κ1) is 14.2. The molecule has 0 radical (unpaired) electrons. The van der Waals surface area contributed by atoms with Gasteiger partial charge in [-0.1, -0.05) is 19.1 Å². The van der Waals surface area contributed by atoms with Crippen molar-refractivity contribution in [2.24, 2.45) is 11.7 Å². The molecule has 110 valence electrons. The van der Waals surface area contributed by atoms with Crippen molar-refractivity contribution >= 4 is 22.4 Å². The molecule has 0 fully saturated rings. The van der Waals surface area contributed by atoms with Gasteiger partial charge in [0.15, 0.2) is 5.13 Å². The van der Waals surface area contributed by atoms with E-state index in [4.69, 9.17) is 5.73 Å². The Hall–Kier alpha value is -1.72. The summed E-state index contributed by atoms with van der Waals surface area (Å²) in [5.41, 5.74) is 8.37. The summed E-state index contributed by atoms with van der Waals surface area (Å²) in [6, 6.07) is 7.35. The fourth-order valence-electron chi connectivity index (χ4n) is 2.55. The average molecular weight is 301 g/mol. The molecule has 1 aliphatic rings. The van der Waals surface area contributed by atoms with Crippen molar-refractivity contribution in [1.82, 2.24) is 4.98 Å². The maximum absolute atomic E-state index is 12.2. The Morgan fingerprint density at radius 3 is 2.90 bits per heavy atom. The smallest absolute Gasteiger partial charge is 0.257 e. The zero-order valence-electron chi connectivity index (χ0n) is 12.1. The first-order valence-corrected chi connectivity index (χ1v) is 8.06. The van der Waals surface area contributed by atoms with Crippen LogP contribution in [0.25, 0.3) is 0 Å². The van der Waals surface area contributed by atoms with Gasteiger partial charge in [-0.05, 0) is 42.9 Å². The van der Waals surface area contributed by atoms with Crippen LogP contribution in [0.1, 0.15) is 39.8 Å². The summed E-state index contributed by atoms with van der Waals surface area (Å²) in [5, 5.41) is 3.62. The summed E-state index contributed by atoms with van der Waals surface area (Å²) in [5.74, 6) is 0.600. The molecular weight excluding hydrogens is 282 g/mol. The van der Waals surface area contributed by atoms with E-state index in [9.17, 15) is 4.79 Å². The van der Waals surface area contributed by atoms with E-state index in [1.54, 1.807) is 23.5 Å². The third kappa shape index (κ3) is 3.14. The summed E-state index contributed by atoms with van der Waals surface area (Å²) < 4.78 is 0. The van der Waals surface area contributed by atoms with E-state index in [0.717, 1.165) is 24.1 Å². The van der Waals surface area contributed by atoms with Gasteiger partial charge in [0.1, 0.15) is 0 Å². The van der Waals surface area contributed by atoms with Crippen molar-refractivity contribution in [3.63, 3.8) is 0 Å². The number of benzene rings is 1. The Labute approximate surface area is 128 Å². The third-order valence-electron chi connectivity index (χ3n) is 3.86. The number of carbonyl (C=O) groups excluding carboxylic acids is 1. The number of aryl methyl sites for hydroxylation is 1. The van der Waals surface area contributed by atoms with Crippen LogP contribution in [-0.4, -0.2) is 10.9 Å². The van der Waals surface area contributed by atoms with E-state index < -0.39 is 0 Å². The monoisotopic (exact) mass is 301 g/mol. The second-order valence-corrected chi connectivity index (χ2v) is 6.68. The predicted octanol–water partition coefficient (Wildman–Crippen LogP) is 2.98. The Balaban J connectivity index is 1.72. The standard InChI is InChI=1S/C16H19N3OS/c1-10-2-7-13-14(8-10)21-16(18-13)19-15(20)12-5-3-11(9-17)4-6-12/h3-6,10H,2,7-9,17H2,1H3,(H,18,19,20). The molecule has 1 atom stereocenters. The molecule has 0 bridgehead atoms. The number of nitrogens with one attached hydrogen (secondary N) is 1. The molecule has 0 saturated carbocycles. The van der Waals surface area contributed by atoms with Crippen molar-refractivity contribution in [2.75, 3.05) is 5.32 Å². The highest BCUT2D eigenvalue weighted by molar-refractivity contribution is 7.15. The van der Waals surface area contributed by atoms with Crippen LogP contribution in [0.15, 0.2) is 24.3 Å². The Morgan fingerprint density at radius 2 is 2.19 bits per heavy atom. The van der Waals surface area contributed by atoms with Crippen LogP contribution >= 0.6 is 11.3 Å². The molecule has 5 heteroatoms. The summed E-state index contributed by atoms with van der Waals surface area (Å²) in [7, 11) is 0. The van der Waals surface area contributed by atoms with Crippen molar-refractivity contribution < 1.29 is 4.79 Å². The highest BCUT2D eigenvalue weighted by atomic mass is 32.1. The number of amides is 1. The number of nitrogens with zero attached hydrogens (tertiary/aromatic N) is 1. The largest absolute Gasteiger partial charge is 0.326 e. The summed E-state index contributed by atoms with van der Waals surface area (Å²) in [6.45, 7) is 2.75. The average Bonchev–Trinajstić information content (AvgIpc) is 2.88. The van der Waals surface area contributed by atoms with Gasteiger partial charge in [-0.15, -0.1) is 11.3 Å². The van der Waals surface area contributed by atoms with Crippen LogP contribution in [0.5, 0.6) is 0 Å². The van der Waals surface area contributed by atoms with Crippen LogP contribution in [0.3, 0.4) is 0 Å². The minimum absolute atomic E-state index is 0.113. The van der Waals surface area contributed by atoms with Crippen molar-refractivity contribution in [2.45, 2.75) is 32.7 Å². The van der Waals surface area contributed by atoms with Gasteiger partial charge in [-0.25, -0.2) is 4.98 Å². The summed E-state index contributed by atoms with van der Waals surface area (Å²) in [4.78, 5) is 18.1. The highest BCUT2D eigenvalue weighted by Gasteiger charge is 2.20. The molecule has 3 rings (SSSR count). The number of fused-ring (bicyclic) bond motifs is 1. The SMILES string of the molecule is CC1CCc2nc(NC(=O)c3ccc(CN)cc3)sc2C1. The Kier molecular flexibility index (Phi) is 4.03. The zero-order chi connectivity index (χ0) is 14.8. The lowest BCUT2D eigenvalue weighted by molar-refractivity contribution is 0.102. The van der Waals surface area contributed by atoms with Crippen molar-refractivity contribution in [3.8, 4) is 0 Å². The number of thiazole rings is 1. The van der Waals surface area contributed by atoms with Gasteiger partial charge in [-0.2, -0.15) is 0 Å². The van der Waals surface area contributed by atoms with Crippen LogP contribution in [0.2, 0.25) is 0 Å². The highest BCUT2D eigenvalue weighted by Crippen LogP contribution is 2.32. The molecule has 1 amide bonds. The third-order valence-corrected chi connectivity index (χ3v) is 4.89. The van der Waals surface area contributed by atoms with Crippen LogP contribution in [0.4, 0.5) is 5.13 Å². The molecular formula is C16H19N3OS. The van der Waals surface area contributed by atoms with E-state index in [2.05, 4.69) is 17.2 Å². The minimum atomic E-state index is -0.113. The molecule has 0 spiro atoms. The maximum atomic E-state index is 12.2. The van der Waals surface area contributed by atoms with Gasteiger partial charge in [0.2, 0.25) is 0 Å². The molecule has 4 nitrogen and oxygen atoms in total. The van der Waals surface area contributed by atoms with E-state index >= 15 is 0 Å². The number of hydrogen-bond acceptors (Lipinski definition) is 4. The molecule has 1 aromatic carbocycles. The molecule has 1 heterocycles. The maximum Gasteiger partial charge on any atom is 0.257 e. The Bertz CT molecular complexity index is 648. The van der Waals surface area contributed by atoms with Crippen LogP contribution in [-0.2, 0) is 19.4 Å². The van der Waals surface area contributed by atoms with E-state index in [-0.39, 0.29) is 5.91 Å². The number of hydrogen-bond donors (Lipinski definition) is 2. The topological polar surface area (TPSA) is 68.0 Å². The molecule has 0 aliphatic heterocycles. The second kappa shape index (κ2) is 5.95. The quantitative estimate of drug-likeness (QED) is 0.915. The van der Waals surface area contributed by atoms with Gasteiger partial charge in [-0.3, -0.25) is 10.1 Å². The predicted molar refractivity (Wildman–Crippen MR) is 85.6 cm³/mol. The number of aromatic nitrogens is 1. The molecule has 0 saturated heterocycles. The van der Waals surface area contributed by atoms with Crippen LogP contribution in [0, 0.1) is 5.92 Å². The zero-order valence-corrected chi connectivity index (χ0v) is 12.9. The first-order chi connectivity index (χ1) is 10.2. The van der Waals surface area contributed by atoms with E-state index in [1.807, 2.05) is 12.1 Å². The van der Waals surface area contributed by atoms with Crippen LogP contribution < -0.4 is 11.1 Å². The van der Waals surface area contributed by atoms with E-state index in [1.165, 1.54) is 11.3 Å². The summed E-state index contributed by atoms with van der Waals surface area (Å²) >= 11 is 1.61. The lowest BCUT2D eigenvalue weighted by atomic mass is 9.93. The molecule has 1 unspecified atom stereocenters. The first-order valence-electron chi connectivity index (χ1n) is 7.24. The number of rotatable bonds is 3. The summed E-state index contributed by atoms with van der Waals surface area (Å²) in [6.07, 6.45) is 3.28. The molecule has 3 N–H and O–H groups in total. The molecule has 2 aromatic rings. The molecule has 1 aliphatic carbocycles. The fourth-order valence-corrected chi connectivity index (χ4v) is 3.72. The number of nitrogens with two attached hydrogens (primary N) is 1.